The molecule has 1 aromatic carbocycles. The zero-order valence-corrected chi connectivity index (χ0v) is 14.2. The van der Waals surface area contributed by atoms with Crippen molar-refractivity contribution < 1.29 is 4.74 Å². The minimum absolute atomic E-state index is 0.779. The number of aromatic nitrogens is 5. The van der Waals surface area contributed by atoms with Crippen LogP contribution in [0.5, 0.6) is 5.75 Å². The van der Waals surface area contributed by atoms with Gasteiger partial charge in [-0.2, -0.15) is 5.10 Å². The second-order valence-electron chi connectivity index (χ2n) is 5.05. The fourth-order valence-corrected chi connectivity index (χ4v) is 3.21. The topological polar surface area (TPSA) is 57.8 Å². The molecular weight excluding hydrogens is 310 g/mol. The van der Waals surface area contributed by atoms with E-state index in [2.05, 4.69) is 26.8 Å². The van der Waals surface area contributed by atoms with Gasteiger partial charge in [-0.3, -0.25) is 4.68 Å². The zero-order valence-electron chi connectivity index (χ0n) is 13.4. The van der Waals surface area contributed by atoms with Crippen molar-refractivity contribution in [3.63, 3.8) is 0 Å². The van der Waals surface area contributed by atoms with Gasteiger partial charge in [0.15, 0.2) is 11.0 Å². The van der Waals surface area contributed by atoms with E-state index in [1.54, 1.807) is 18.9 Å². The summed E-state index contributed by atoms with van der Waals surface area (Å²) in [5.74, 6) is 2.49. The SMILES string of the molecule is CCn1c(SCc2ccn(C)n2)nnc1-c1ccc(OC)cc1. The smallest absolute Gasteiger partial charge is 0.191 e. The van der Waals surface area contributed by atoms with Crippen LogP contribution in [0.25, 0.3) is 11.4 Å². The van der Waals surface area contributed by atoms with Crippen LogP contribution in [-0.4, -0.2) is 31.7 Å². The number of methoxy groups -OCH3 is 1. The highest BCUT2D eigenvalue weighted by atomic mass is 32.2. The summed E-state index contributed by atoms with van der Waals surface area (Å²) < 4.78 is 9.13. The molecule has 0 unspecified atom stereocenters. The normalized spacial score (nSPS) is 10.9. The minimum atomic E-state index is 0.779. The Morgan fingerprint density at radius 1 is 1.13 bits per heavy atom. The van der Waals surface area contributed by atoms with Gasteiger partial charge in [-0.05, 0) is 37.3 Å². The van der Waals surface area contributed by atoms with E-state index in [0.717, 1.165) is 40.3 Å². The van der Waals surface area contributed by atoms with Crippen molar-refractivity contribution in [1.29, 1.82) is 0 Å². The van der Waals surface area contributed by atoms with E-state index < -0.39 is 0 Å². The Balaban J connectivity index is 1.81. The molecule has 0 saturated carbocycles. The molecule has 0 fully saturated rings. The minimum Gasteiger partial charge on any atom is -0.497 e. The molecule has 0 saturated heterocycles. The third-order valence-corrected chi connectivity index (χ3v) is 4.50. The molecule has 6 nitrogen and oxygen atoms in total. The van der Waals surface area contributed by atoms with E-state index >= 15 is 0 Å². The van der Waals surface area contributed by atoms with Gasteiger partial charge >= 0.3 is 0 Å². The number of hydrogen-bond acceptors (Lipinski definition) is 5. The highest BCUT2D eigenvalue weighted by molar-refractivity contribution is 7.98. The molecule has 120 valence electrons. The van der Waals surface area contributed by atoms with Crippen LogP contribution >= 0.6 is 11.8 Å². The predicted molar refractivity (Wildman–Crippen MR) is 90.5 cm³/mol. The summed E-state index contributed by atoms with van der Waals surface area (Å²) in [6, 6.07) is 9.89. The first-order chi connectivity index (χ1) is 11.2. The first-order valence-corrected chi connectivity index (χ1v) is 8.38. The molecule has 7 heteroatoms. The van der Waals surface area contributed by atoms with Gasteiger partial charge in [0.05, 0.1) is 12.8 Å². The molecule has 2 heterocycles. The first kappa shape index (κ1) is 15.6. The maximum absolute atomic E-state index is 5.20. The third-order valence-electron chi connectivity index (χ3n) is 3.50. The summed E-state index contributed by atoms with van der Waals surface area (Å²) in [5, 5.41) is 14.0. The van der Waals surface area contributed by atoms with Crippen molar-refractivity contribution in [3.05, 3.63) is 42.2 Å². The summed E-state index contributed by atoms with van der Waals surface area (Å²) in [5.41, 5.74) is 2.07. The summed E-state index contributed by atoms with van der Waals surface area (Å²) in [6.45, 7) is 2.92. The Bertz CT molecular complexity index is 778. The molecule has 0 aliphatic carbocycles. The van der Waals surface area contributed by atoms with Crippen LogP contribution < -0.4 is 4.74 Å². The van der Waals surface area contributed by atoms with Crippen LogP contribution in [0.1, 0.15) is 12.6 Å². The molecule has 3 aromatic rings. The van der Waals surface area contributed by atoms with Crippen molar-refractivity contribution in [2.45, 2.75) is 24.4 Å². The number of benzene rings is 1. The van der Waals surface area contributed by atoms with Crippen LogP contribution in [0.15, 0.2) is 41.7 Å². The molecule has 23 heavy (non-hydrogen) atoms. The van der Waals surface area contributed by atoms with Crippen molar-refractivity contribution in [2.24, 2.45) is 7.05 Å². The largest absolute Gasteiger partial charge is 0.497 e. The summed E-state index contributed by atoms with van der Waals surface area (Å²) in [4.78, 5) is 0. The van der Waals surface area contributed by atoms with E-state index in [9.17, 15) is 0 Å². The van der Waals surface area contributed by atoms with E-state index in [-0.39, 0.29) is 0 Å². The Hall–Kier alpha value is -2.28. The van der Waals surface area contributed by atoms with Crippen LogP contribution in [0.2, 0.25) is 0 Å². The maximum Gasteiger partial charge on any atom is 0.191 e. The lowest BCUT2D eigenvalue weighted by molar-refractivity contribution is 0.415. The summed E-state index contributed by atoms with van der Waals surface area (Å²) >= 11 is 1.65. The van der Waals surface area contributed by atoms with E-state index in [4.69, 9.17) is 4.74 Å². The molecule has 2 aromatic heterocycles. The Morgan fingerprint density at radius 2 is 1.91 bits per heavy atom. The second-order valence-corrected chi connectivity index (χ2v) is 5.99. The van der Waals surface area contributed by atoms with Gasteiger partial charge in [0.25, 0.3) is 0 Å². The van der Waals surface area contributed by atoms with Crippen LogP contribution in [-0.2, 0) is 19.3 Å². The van der Waals surface area contributed by atoms with E-state index in [1.165, 1.54) is 0 Å². The fourth-order valence-electron chi connectivity index (χ4n) is 2.31. The Labute approximate surface area is 139 Å². The van der Waals surface area contributed by atoms with Gasteiger partial charge in [0.2, 0.25) is 0 Å². The quantitative estimate of drug-likeness (QED) is 0.651. The third kappa shape index (κ3) is 3.39. The molecule has 0 aliphatic rings. The van der Waals surface area contributed by atoms with Crippen LogP contribution in [0.4, 0.5) is 0 Å². The number of rotatable bonds is 6. The molecule has 0 aliphatic heterocycles. The van der Waals surface area contributed by atoms with Gasteiger partial charge in [-0.1, -0.05) is 11.8 Å². The van der Waals surface area contributed by atoms with Crippen molar-refractivity contribution in [2.75, 3.05) is 7.11 Å². The monoisotopic (exact) mass is 329 g/mol. The van der Waals surface area contributed by atoms with Gasteiger partial charge < -0.3 is 9.30 Å². The standard InChI is InChI=1S/C16H19N5OS/c1-4-21-15(12-5-7-14(22-3)8-6-12)17-18-16(21)23-11-13-9-10-20(2)19-13/h5-10H,4,11H2,1-3H3. The molecule has 0 amide bonds. The van der Waals surface area contributed by atoms with Crippen LogP contribution in [0, 0.1) is 0 Å². The average molecular weight is 329 g/mol. The average Bonchev–Trinajstić information content (AvgIpc) is 3.18. The molecule has 3 rings (SSSR count). The van der Waals surface area contributed by atoms with Crippen molar-refractivity contribution in [3.8, 4) is 17.1 Å². The zero-order chi connectivity index (χ0) is 16.2. The molecule has 0 atom stereocenters. The summed E-state index contributed by atoms with van der Waals surface area (Å²) in [6.07, 6.45) is 1.95. The van der Waals surface area contributed by atoms with Crippen molar-refractivity contribution in [1.82, 2.24) is 24.5 Å². The van der Waals surface area contributed by atoms with Gasteiger partial charge in [0.1, 0.15) is 5.75 Å². The molecular formula is C16H19N5OS. The molecule has 0 radical (unpaired) electrons. The van der Waals surface area contributed by atoms with Gasteiger partial charge in [0, 0.05) is 31.1 Å². The van der Waals surface area contributed by atoms with E-state index in [0.29, 0.717) is 0 Å². The molecule has 0 spiro atoms. The fraction of sp³-hybridized carbons (Fsp3) is 0.312. The Kier molecular flexibility index (Phi) is 4.66. The second kappa shape index (κ2) is 6.87. The van der Waals surface area contributed by atoms with Gasteiger partial charge in [-0.25, -0.2) is 0 Å². The lowest BCUT2D eigenvalue weighted by atomic mass is 10.2. The maximum atomic E-state index is 5.20. The predicted octanol–water partition coefficient (Wildman–Crippen LogP) is 3.00. The number of thioether (sulfide) groups is 1. The van der Waals surface area contributed by atoms with Gasteiger partial charge in [-0.15, -0.1) is 10.2 Å². The van der Waals surface area contributed by atoms with E-state index in [1.807, 2.05) is 48.3 Å². The lowest BCUT2D eigenvalue weighted by Crippen LogP contribution is -2.00. The summed E-state index contributed by atoms with van der Waals surface area (Å²) in [7, 11) is 3.58. The van der Waals surface area contributed by atoms with Crippen LogP contribution in [0.3, 0.4) is 0 Å². The number of aryl methyl sites for hydroxylation is 1. The Morgan fingerprint density at radius 3 is 2.52 bits per heavy atom. The molecule has 0 N–H and O–H groups in total. The number of nitrogens with zero attached hydrogens (tertiary/aromatic N) is 5. The highest BCUT2D eigenvalue weighted by Crippen LogP contribution is 2.27. The molecule has 0 bridgehead atoms. The lowest BCUT2D eigenvalue weighted by Gasteiger charge is -2.07. The van der Waals surface area contributed by atoms with Crippen molar-refractivity contribution >= 4 is 11.8 Å². The number of ether oxygens (including phenoxy) is 1. The highest BCUT2D eigenvalue weighted by Gasteiger charge is 2.13. The first-order valence-electron chi connectivity index (χ1n) is 7.40. The number of hydrogen-bond donors (Lipinski definition) is 0.